The molecular formula is C22H26N4O. The van der Waals surface area contributed by atoms with Gasteiger partial charge in [-0.25, -0.2) is 0 Å². The Labute approximate surface area is 160 Å². The van der Waals surface area contributed by atoms with Crippen LogP contribution in [-0.4, -0.2) is 23.8 Å². The molecule has 27 heavy (non-hydrogen) atoms. The molecule has 2 atom stereocenters. The molecule has 5 heteroatoms. The van der Waals surface area contributed by atoms with Crippen molar-refractivity contribution in [2.24, 2.45) is 5.73 Å². The Morgan fingerprint density at radius 3 is 2.41 bits per heavy atom. The van der Waals surface area contributed by atoms with Gasteiger partial charge in [-0.2, -0.15) is 0 Å². The van der Waals surface area contributed by atoms with Crippen LogP contribution in [0.4, 0.5) is 0 Å². The molecule has 0 radical (unpaired) electrons. The summed E-state index contributed by atoms with van der Waals surface area (Å²) in [6, 6.07) is 17.9. The number of amidine groups is 1. The zero-order valence-electron chi connectivity index (χ0n) is 15.8. The Kier molecular flexibility index (Phi) is 5.72. The van der Waals surface area contributed by atoms with Crippen LogP contribution < -0.4 is 16.4 Å². The van der Waals surface area contributed by atoms with Crippen molar-refractivity contribution < 1.29 is 4.79 Å². The van der Waals surface area contributed by atoms with Crippen molar-refractivity contribution in [2.75, 3.05) is 0 Å². The van der Waals surface area contributed by atoms with Gasteiger partial charge in [-0.3, -0.25) is 10.2 Å². The molecule has 0 aliphatic carbocycles. The molecule has 0 bridgehead atoms. The molecule has 5 N–H and O–H groups in total. The molecule has 1 heterocycles. The van der Waals surface area contributed by atoms with Crippen LogP contribution in [-0.2, 0) is 17.8 Å². The lowest BCUT2D eigenvalue weighted by Crippen LogP contribution is -2.35. The van der Waals surface area contributed by atoms with Crippen LogP contribution in [0.2, 0.25) is 0 Å². The molecular weight excluding hydrogens is 336 g/mol. The second-order valence-corrected chi connectivity index (χ2v) is 7.02. The monoisotopic (exact) mass is 362 g/mol. The van der Waals surface area contributed by atoms with Crippen LogP contribution in [0.25, 0.3) is 0 Å². The summed E-state index contributed by atoms with van der Waals surface area (Å²) in [5, 5.41) is 14.0. The first-order valence-electron chi connectivity index (χ1n) is 9.18. The molecule has 1 aliphatic heterocycles. The van der Waals surface area contributed by atoms with Crippen LogP contribution in [0, 0.1) is 5.41 Å². The summed E-state index contributed by atoms with van der Waals surface area (Å²) in [6.07, 6.45) is 0.875. The highest BCUT2D eigenvalue weighted by Crippen LogP contribution is 2.24. The zero-order valence-corrected chi connectivity index (χ0v) is 15.8. The summed E-state index contributed by atoms with van der Waals surface area (Å²) in [5.41, 5.74) is 10.3. The molecule has 1 aliphatic rings. The highest BCUT2D eigenvalue weighted by molar-refractivity contribution is 5.96. The van der Waals surface area contributed by atoms with Crippen LogP contribution in [0.5, 0.6) is 0 Å². The third-order valence-electron chi connectivity index (χ3n) is 5.08. The topological polar surface area (TPSA) is 91.0 Å². The SMILES string of the molecule is CC1=C(C(=O)NCc2ccc(C(=N)N)cc2)C(C)NC1Cc1ccccc1. The predicted molar refractivity (Wildman–Crippen MR) is 109 cm³/mol. The molecule has 2 unspecified atom stereocenters. The number of nitrogens with one attached hydrogen (secondary N) is 3. The van der Waals surface area contributed by atoms with E-state index < -0.39 is 0 Å². The van der Waals surface area contributed by atoms with Crippen molar-refractivity contribution in [3.63, 3.8) is 0 Å². The fraction of sp³-hybridized carbons (Fsp3) is 0.273. The zero-order chi connectivity index (χ0) is 19.4. The molecule has 5 nitrogen and oxygen atoms in total. The van der Waals surface area contributed by atoms with Crippen LogP contribution in [0.3, 0.4) is 0 Å². The number of hydrogen-bond acceptors (Lipinski definition) is 3. The summed E-state index contributed by atoms with van der Waals surface area (Å²) in [4.78, 5) is 12.7. The average molecular weight is 362 g/mol. The Morgan fingerprint density at radius 2 is 1.78 bits per heavy atom. The highest BCUT2D eigenvalue weighted by Gasteiger charge is 2.31. The number of rotatable bonds is 6. The Bertz CT molecular complexity index is 856. The second kappa shape index (κ2) is 8.18. The third kappa shape index (κ3) is 4.44. The first kappa shape index (κ1) is 18.9. The summed E-state index contributed by atoms with van der Waals surface area (Å²) >= 11 is 0. The summed E-state index contributed by atoms with van der Waals surface area (Å²) < 4.78 is 0. The standard InChI is InChI=1S/C22H26N4O/c1-14-19(12-16-6-4-3-5-7-16)26-15(2)20(14)22(27)25-13-17-8-10-18(11-9-17)21(23)24/h3-11,15,19,26H,12-13H2,1-2H3,(H3,23,24)(H,25,27). The molecule has 2 aromatic carbocycles. The molecule has 0 saturated heterocycles. The maximum absolute atomic E-state index is 12.7. The molecule has 0 spiro atoms. The lowest BCUT2D eigenvalue weighted by Gasteiger charge is -2.14. The molecule has 3 rings (SSSR count). The smallest absolute Gasteiger partial charge is 0.249 e. The van der Waals surface area contributed by atoms with Crippen molar-refractivity contribution in [3.05, 3.63) is 82.4 Å². The van der Waals surface area contributed by atoms with Gasteiger partial charge in [-0.05, 0) is 37.0 Å². The van der Waals surface area contributed by atoms with Gasteiger partial charge in [0.1, 0.15) is 5.84 Å². The fourth-order valence-corrected chi connectivity index (χ4v) is 3.56. The average Bonchev–Trinajstić information content (AvgIpc) is 2.94. The van der Waals surface area contributed by atoms with E-state index in [1.807, 2.05) is 44.2 Å². The van der Waals surface area contributed by atoms with Gasteiger partial charge in [0, 0.05) is 29.8 Å². The van der Waals surface area contributed by atoms with Gasteiger partial charge in [-0.1, -0.05) is 54.6 Å². The van der Waals surface area contributed by atoms with Crippen molar-refractivity contribution >= 4 is 11.7 Å². The predicted octanol–water partition coefficient (Wildman–Crippen LogP) is 2.51. The van der Waals surface area contributed by atoms with E-state index in [9.17, 15) is 4.79 Å². The van der Waals surface area contributed by atoms with Gasteiger partial charge < -0.3 is 16.4 Å². The normalized spacial score (nSPS) is 19.2. The minimum absolute atomic E-state index is 0.0267. The van der Waals surface area contributed by atoms with Gasteiger partial charge in [0.15, 0.2) is 0 Å². The van der Waals surface area contributed by atoms with Crippen LogP contribution in [0.1, 0.15) is 30.5 Å². The first-order valence-corrected chi connectivity index (χ1v) is 9.18. The van der Waals surface area contributed by atoms with Gasteiger partial charge in [0.2, 0.25) is 5.91 Å². The highest BCUT2D eigenvalue weighted by atomic mass is 16.1. The summed E-state index contributed by atoms with van der Waals surface area (Å²) in [5.74, 6) is 0.0142. The lowest BCUT2D eigenvalue weighted by molar-refractivity contribution is -0.117. The quantitative estimate of drug-likeness (QED) is 0.470. The molecule has 1 amide bonds. The minimum atomic E-state index is -0.0290. The van der Waals surface area contributed by atoms with Gasteiger partial charge in [0.05, 0.1) is 0 Å². The largest absolute Gasteiger partial charge is 0.384 e. The number of carbonyl (C=O) groups excluding carboxylic acids is 1. The van der Waals surface area contributed by atoms with E-state index in [-0.39, 0.29) is 23.8 Å². The van der Waals surface area contributed by atoms with Crippen molar-refractivity contribution in [3.8, 4) is 0 Å². The van der Waals surface area contributed by atoms with Gasteiger partial charge in [-0.15, -0.1) is 0 Å². The van der Waals surface area contributed by atoms with Crippen LogP contribution in [0.15, 0.2) is 65.7 Å². The number of nitrogens with two attached hydrogens (primary N) is 1. The van der Waals surface area contributed by atoms with E-state index in [2.05, 4.69) is 22.8 Å². The molecule has 0 fully saturated rings. The van der Waals surface area contributed by atoms with E-state index >= 15 is 0 Å². The van der Waals surface area contributed by atoms with Crippen molar-refractivity contribution in [1.29, 1.82) is 5.41 Å². The van der Waals surface area contributed by atoms with Crippen LogP contribution >= 0.6 is 0 Å². The van der Waals surface area contributed by atoms with Crippen molar-refractivity contribution in [2.45, 2.75) is 38.9 Å². The van der Waals surface area contributed by atoms with Gasteiger partial charge in [0.25, 0.3) is 0 Å². The molecule has 0 aromatic heterocycles. The van der Waals surface area contributed by atoms with E-state index in [0.29, 0.717) is 12.1 Å². The minimum Gasteiger partial charge on any atom is -0.384 e. The fourth-order valence-electron chi connectivity index (χ4n) is 3.56. The summed E-state index contributed by atoms with van der Waals surface area (Å²) in [7, 11) is 0. The Balaban J connectivity index is 1.65. The van der Waals surface area contributed by atoms with E-state index in [0.717, 1.165) is 23.1 Å². The number of benzene rings is 2. The Hall–Kier alpha value is -2.92. The van der Waals surface area contributed by atoms with E-state index in [4.69, 9.17) is 11.1 Å². The lowest BCUT2D eigenvalue weighted by atomic mass is 9.98. The molecule has 140 valence electrons. The summed E-state index contributed by atoms with van der Waals surface area (Å²) in [6.45, 7) is 4.52. The van der Waals surface area contributed by atoms with Gasteiger partial charge >= 0.3 is 0 Å². The third-order valence-corrected chi connectivity index (χ3v) is 5.08. The van der Waals surface area contributed by atoms with E-state index in [1.165, 1.54) is 5.56 Å². The van der Waals surface area contributed by atoms with Crippen molar-refractivity contribution in [1.82, 2.24) is 10.6 Å². The van der Waals surface area contributed by atoms with E-state index in [1.54, 1.807) is 12.1 Å². The maximum atomic E-state index is 12.7. The number of amides is 1. The second-order valence-electron chi connectivity index (χ2n) is 7.02. The maximum Gasteiger partial charge on any atom is 0.249 e. The molecule has 0 saturated carbocycles. The molecule has 2 aromatic rings. The number of hydrogen-bond donors (Lipinski definition) is 4. The Morgan fingerprint density at radius 1 is 1.11 bits per heavy atom. The number of nitrogen functional groups attached to an aromatic ring is 1. The first-order chi connectivity index (χ1) is 13.0. The number of carbonyl (C=O) groups is 1.